The van der Waals surface area contributed by atoms with Crippen LogP contribution in [0.1, 0.15) is 45.0 Å². The van der Waals surface area contributed by atoms with Crippen LogP contribution in [0.3, 0.4) is 0 Å². The van der Waals surface area contributed by atoms with Crippen molar-refractivity contribution in [2.75, 3.05) is 13.2 Å². The van der Waals surface area contributed by atoms with Crippen molar-refractivity contribution in [2.45, 2.75) is 51.3 Å². The molecule has 0 spiro atoms. The van der Waals surface area contributed by atoms with Crippen LogP contribution in [0.25, 0.3) is 0 Å². The van der Waals surface area contributed by atoms with Gasteiger partial charge < -0.3 is 13.7 Å². The lowest BCUT2D eigenvalue weighted by atomic mass is 9.97. The molecule has 1 aromatic rings. The van der Waals surface area contributed by atoms with Gasteiger partial charge >= 0.3 is 27.7 Å². The van der Waals surface area contributed by atoms with Gasteiger partial charge in [-0.15, -0.1) is 0 Å². The molecule has 9 nitrogen and oxygen atoms in total. The molecule has 13 heteroatoms. The van der Waals surface area contributed by atoms with Crippen LogP contribution >= 0.6 is 0 Å². The molecule has 30 heavy (non-hydrogen) atoms. The van der Waals surface area contributed by atoms with E-state index in [2.05, 4.69) is 9.17 Å². The number of hydrogen-bond acceptors (Lipinski definition) is 8. The number of fused-ring (bicyclic) bond motifs is 1. The molecule has 0 aromatic carbocycles. The van der Waals surface area contributed by atoms with Crippen molar-refractivity contribution < 1.29 is 44.8 Å². The SMILES string of the molecule is CCOC(=O)C1c2ccc(OS(=O)(=O)C(F)(F)F)nc2CCN1C(=O)OC(C)(C)C. The fourth-order valence-electron chi connectivity index (χ4n) is 2.66. The predicted molar refractivity (Wildman–Crippen MR) is 95.9 cm³/mol. The molecule has 2 heterocycles. The number of amides is 1. The number of ether oxygens (including phenoxy) is 2. The Morgan fingerprint density at radius 3 is 2.40 bits per heavy atom. The summed E-state index contributed by atoms with van der Waals surface area (Å²) in [7, 11) is -5.90. The molecule has 0 radical (unpaired) electrons. The third-order valence-corrected chi connectivity index (χ3v) is 4.75. The van der Waals surface area contributed by atoms with Crippen LogP contribution in [-0.4, -0.2) is 54.6 Å². The molecular weight excluding hydrogens is 433 g/mol. The van der Waals surface area contributed by atoms with Gasteiger partial charge in [0.05, 0.1) is 12.3 Å². The Morgan fingerprint density at radius 2 is 1.87 bits per heavy atom. The highest BCUT2D eigenvalue weighted by Crippen LogP contribution is 2.34. The Kier molecular flexibility index (Phi) is 6.54. The first-order valence-corrected chi connectivity index (χ1v) is 10.2. The van der Waals surface area contributed by atoms with E-state index in [4.69, 9.17) is 9.47 Å². The van der Waals surface area contributed by atoms with E-state index in [-0.39, 0.29) is 30.8 Å². The van der Waals surface area contributed by atoms with Gasteiger partial charge in [-0.3, -0.25) is 4.90 Å². The van der Waals surface area contributed by atoms with Gasteiger partial charge in [-0.25, -0.2) is 14.6 Å². The highest BCUT2D eigenvalue weighted by atomic mass is 32.2. The number of alkyl halides is 3. The van der Waals surface area contributed by atoms with E-state index >= 15 is 0 Å². The van der Waals surface area contributed by atoms with E-state index in [0.717, 1.165) is 11.0 Å². The molecule has 1 aliphatic rings. The second-order valence-electron chi connectivity index (χ2n) is 7.25. The van der Waals surface area contributed by atoms with E-state index in [1.165, 1.54) is 6.07 Å². The molecule has 1 atom stereocenters. The molecule has 168 valence electrons. The van der Waals surface area contributed by atoms with E-state index in [0.29, 0.717) is 0 Å². The number of carbonyl (C=O) groups excluding carboxylic acids is 2. The fourth-order valence-corrected chi connectivity index (χ4v) is 3.08. The standard InChI is InChI=1S/C17H21F3N2O7S/c1-5-27-14(23)13-10-6-7-12(29-30(25,26)17(18,19)20)21-11(10)8-9-22(13)15(24)28-16(2,3)4/h6-7,13H,5,8-9H2,1-4H3. The van der Waals surface area contributed by atoms with E-state index in [1.54, 1.807) is 27.7 Å². The number of aromatic nitrogens is 1. The molecule has 1 aromatic heterocycles. The third kappa shape index (κ3) is 5.32. The van der Waals surface area contributed by atoms with E-state index in [9.17, 15) is 31.2 Å². The van der Waals surface area contributed by atoms with Crippen LogP contribution in [-0.2, 0) is 30.8 Å². The van der Waals surface area contributed by atoms with Gasteiger partial charge in [0.1, 0.15) is 5.60 Å². The lowest BCUT2D eigenvalue weighted by Gasteiger charge is -2.36. The number of nitrogens with zero attached hydrogens (tertiary/aromatic N) is 2. The zero-order chi connectivity index (χ0) is 22.9. The molecule has 0 fully saturated rings. The minimum absolute atomic E-state index is 0.0191. The van der Waals surface area contributed by atoms with Crippen LogP contribution < -0.4 is 4.18 Å². The average Bonchev–Trinajstić information content (AvgIpc) is 2.57. The van der Waals surface area contributed by atoms with Crippen molar-refractivity contribution in [3.05, 3.63) is 23.4 Å². The second-order valence-corrected chi connectivity index (χ2v) is 8.78. The molecular formula is C17H21F3N2O7S. The third-order valence-electron chi connectivity index (χ3n) is 3.80. The highest BCUT2D eigenvalue weighted by molar-refractivity contribution is 7.87. The first kappa shape index (κ1) is 23.7. The van der Waals surface area contributed by atoms with Gasteiger partial charge in [-0.05, 0) is 33.8 Å². The Labute approximate surface area is 171 Å². The molecule has 0 saturated heterocycles. The van der Waals surface area contributed by atoms with Crippen LogP contribution in [0, 0.1) is 0 Å². The minimum Gasteiger partial charge on any atom is -0.464 e. The van der Waals surface area contributed by atoms with Crippen molar-refractivity contribution in [1.82, 2.24) is 9.88 Å². The Balaban J connectivity index is 2.41. The average molecular weight is 454 g/mol. The number of halogens is 3. The second kappa shape index (κ2) is 8.28. The molecule has 0 aliphatic carbocycles. The zero-order valence-electron chi connectivity index (χ0n) is 16.6. The summed E-state index contributed by atoms with van der Waals surface area (Å²) >= 11 is 0. The zero-order valence-corrected chi connectivity index (χ0v) is 17.5. The summed E-state index contributed by atoms with van der Waals surface area (Å²) < 4.78 is 74.3. The quantitative estimate of drug-likeness (QED) is 0.388. The molecule has 0 N–H and O–H groups in total. The van der Waals surface area contributed by atoms with Crippen molar-refractivity contribution in [1.29, 1.82) is 0 Å². The molecule has 2 rings (SSSR count). The summed E-state index contributed by atoms with van der Waals surface area (Å²) in [6, 6.07) is 0.776. The maximum Gasteiger partial charge on any atom is 0.534 e. The highest BCUT2D eigenvalue weighted by Gasteiger charge is 2.49. The monoisotopic (exact) mass is 454 g/mol. The van der Waals surface area contributed by atoms with E-state index < -0.39 is 45.2 Å². The van der Waals surface area contributed by atoms with Gasteiger partial charge in [-0.1, -0.05) is 0 Å². The maximum absolute atomic E-state index is 12.6. The number of rotatable bonds is 4. The smallest absolute Gasteiger partial charge is 0.464 e. The Morgan fingerprint density at radius 1 is 1.23 bits per heavy atom. The van der Waals surface area contributed by atoms with Crippen LogP contribution in [0.2, 0.25) is 0 Å². The number of pyridine rings is 1. The summed E-state index contributed by atoms with van der Waals surface area (Å²) in [6.07, 6.45) is -0.764. The normalized spacial score (nSPS) is 17.2. The lowest BCUT2D eigenvalue weighted by molar-refractivity contribution is -0.150. The van der Waals surface area contributed by atoms with E-state index in [1.807, 2.05) is 0 Å². The number of esters is 1. The summed E-state index contributed by atoms with van der Waals surface area (Å²) in [6.45, 7) is 6.47. The van der Waals surface area contributed by atoms with Crippen LogP contribution in [0.4, 0.5) is 18.0 Å². The van der Waals surface area contributed by atoms with Crippen LogP contribution in [0.5, 0.6) is 5.88 Å². The number of carbonyl (C=O) groups is 2. The van der Waals surface area contributed by atoms with Gasteiger partial charge in [-0.2, -0.15) is 21.6 Å². The lowest BCUT2D eigenvalue weighted by Crippen LogP contribution is -2.46. The van der Waals surface area contributed by atoms with Crippen molar-refractivity contribution in [3.8, 4) is 5.88 Å². The maximum atomic E-state index is 12.6. The van der Waals surface area contributed by atoms with Crippen LogP contribution in [0.15, 0.2) is 12.1 Å². The molecule has 1 aliphatic heterocycles. The molecule has 1 unspecified atom stereocenters. The van der Waals surface area contributed by atoms with Gasteiger partial charge in [0, 0.05) is 24.6 Å². The largest absolute Gasteiger partial charge is 0.534 e. The summed E-state index contributed by atoms with van der Waals surface area (Å²) in [4.78, 5) is 30.0. The minimum atomic E-state index is -5.90. The summed E-state index contributed by atoms with van der Waals surface area (Å²) in [5, 5.41) is 0. The Bertz CT molecular complexity index is 926. The van der Waals surface area contributed by atoms with Crippen molar-refractivity contribution in [3.63, 3.8) is 0 Å². The van der Waals surface area contributed by atoms with Gasteiger partial charge in [0.15, 0.2) is 6.04 Å². The molecule has 0 saturated carbocycles. The fraction of sp³-hybridized carbons (Fsp3) is 0.588. The van der Waals surface area contributed by atoms with Gasteiger partial charge in [0.25, 0.3) is 0 Å². The molecule has 1 amide bonds. The first-order chi connectivity index (χ1) is 13.7. The first-order valence-electron chi connectivity index (χ1n) is 8.83. The number of hydrogen-bond donors (Lipinski definition) is 0. The summed E-state index contributed by atoms with van der Waals surface area (Å²) in [5.41, 5.74) is -6.19. The van der Waals surface area contributed by atoms with Gasteiger partial charge in [0.2, 0.25) is 5.88 Å². The Hall–Kier alpha value is -2.57. The van der Waals surface area contributed by atoms with Crippen molar-refractivity contribution >= 4 is 22.2 Å². The summed E-state index contributed by atoms with van der Waals surface area (Å²) in [5.74, 6) is -1.60. The molecule has 0 bridgehead atoms. The van der Waals surface area contributed by atoms with Crippen molar-refractivity contribution in [2.24, 2.45) is 0 Å². The topological polar surface area (TPSA) is 112 Å². The predicted octanol–water partition coefficient (Wildman–Crippen LogP) is 2.71.